The summed E-state index contributed by atoms with van der Waals surface area (Å²) < 4.78 is 62.4. The number of anilines is 1. The first-order chi connectivity index (χ1) is 18.3. The molecule has 1 N–H and O–H groups in total. The van der Waals surface area contributed by atoms with Crippen molar-refractivity contribution in [1.29, 1.82) is 0 Å². The van der Waals surface area contributed by atoms with E-state index in [1.54, 1.807) is 12.1 Å². The fourth-order valence-corrected chi connectivity index (χ4v) is 3.96. The van der Waals surface area contributed by atoms with Crippen LogP contribution in [0.3, 0.4) is 0 Å². The number of para-hydroxylation sites is 1. The van der Waals surface area contributed by atoms with Crippen molar-refractivity contribution in [2.45, 2.75) is 31.6 Å². The van der Waals surface area contributed by atoms with Gasteiger partial charge in [0.05, 0.1) is 6.10 Å². The lowest BCUT2D eigenvalue weighted by atomic mass is 10.1. The highest BCUT2D eigenvalue weighted by atomic mass is 19.3. The Labute approximate surface area is 218 Å². The van der Waals surface area contributed by atoms with Crippen molar-refractivity contribution in [2.75, 3.05) is 11.4 Å². The van der Waals surface area contributed by atoms with Crippen LogP contribution in [-0.2, 0) is 13.0 Å². The number of rotatable bonds is 12. The van der Waals surface area contributed by atoms with Gasteiger partial charge in [-0.2, -0.15) is 17.6 Å². The second-order valence-electron chi connectivity index (χ2n) is 8.75. The van der Waals surface area contributed by atoms with E-state index in [2.05, 4.69) is 4.74 Å². The first-order valence-corrected chi connectivity index (χ1v) is 12.0. The van der Waals surface area contributed by atoms with Gasteiger partial charge in [0.1, 0.15) is 17.2 Å². The zero-order chi connectivity index (χ0) is 27.0. The third-order valence-corrected chi connectivity index (χ3v) is 5.69. The largest absolute Gasteiger partial charge is 0.461 e. The lowest BCUT2D eigenvalue weighted by Gasteiger charge is -2.28. The molecule has 0 radical (unpaired) electrons. The van der Waals surface area contributed by atoms with Crippen LogP contribution in [0.2, 0.25) is 0 Å². The first kappa shape index (κ1) is 27.0. The van der Waals surface area contributed by atoms with Gasteiger partial charge in [-0.1, -0.05) is 66.7 Å². The number of benzene rings is 4. The average Bonchev–Trinajstić information content (AvgIpc) is 2.89. The molecule has 0 aliphatic rings. The van der Waals surface area contributed by atoms with Crippen LogP contribution in [0.5, 0.6) is 17.2 Å². The molecule has 0 aromatic heterocycles. The highest BCUT2D eigenvalue weighted by Gasteiger charge is 2.44. The van der Waals surface area contributed by atoms with Crippen molar-refractivity contribution < 1.29 is 32.1 Å². The van der Waals surface area contributed by atoms with Crippen molar-refractivity contribution in [2.24, 2.45) is 0 Å². The monoisotopic (exact) mass is 525 g/mol. The van der Waals surface area contributed by atoms with Crippen LogP contribution in [0.15, 0.2) is 109 Å². The van der Waals surface area contributed by atoms with E-state index in [0.29, 0.717) is 23.5 Å². The van der Waals surface area contributed by atoms with E-state index in [0.717, 1.165) is 11.3 Å². The molecule has 0 amide bonds. The summed E-state index contributed by atoms with van der Waals surface area (Å²) in [5.74, 6) is 0.855. The van der Waals surface area contributed by atoms with Gasteiger partial charge in [-0.15, -0.1) is 0 Å². The minimum absolute atomic E-state index is 0.193. The second-order valence-corrected chi connectivity index (χ2v) is 8.75. The number of halogens is 4. The Bertz CT molecular complexity index is 1290. The lowest BCUT2D eigenvalue weighted by Crippen LogP contribution is -2.34. The number of ether oxygens (including phenoxy) is 2. The first-order valence-electron chi connectivity index (χ1n) is 12.0. The minimum Gasteiger partial charge on any atom is -0.457 e. The molecule has 4 aromatic carbocycles. The number of aliphatic hydroxyl groups is 1. The standard InChI is InChI=1S/C30H27F4NO3/c31-29(32)30(33,34)38-28-16-7-11-23(18-28)20-35(21-25(36)17-22-9-3-1-4-10-22)24-12-8-15-27(19-24)37-26-13-5-2-6-14-26/h1-16,18-19,25,29,36H,17,20-21H2. The molecule has 0 heterocycles. The SMILES string of the molecule is OC(Cc1ccccc1)CN(Cc1cccc(OC(F)(F)C(F)F)c1)c1cccc(Oc2ccccc2)c1. The molecule has 1 atom stereocenters. The topological polar surface area (TPSA) is 41.9 Å². The fourth-order valence-electron chi connectivity index (χ4n) is 3.96. The average molecular weight is 526 g/mol. The summed E-state index contributed by atoms with van der Waals surface area (Å²) in [6.45, 7) is 0.403. The van der Waals surface area contributed by atoms with Crippen LogP contribution in [0.25, 0.3) is 0 Å². The summed E-state index contributed by atoms with van der Waals surface area (Å²) in [5, 5.41) is 10.9. The molecule has 0 bridgehead atoms. The number of nitrogens with zero attached hydrogens (tertiary/aromatic N) is 1. The van der Waals surface area contributed by atoms with Crippen molar-refractivity contribution in [3.63, 3.8) is 0 Å². The quantitative estimate of drug-likeness (QED) is 0.197. The van der Waals surface area contributed by atoms with Gasteiger partial charge >= 0.3 is 12.5 Å². The number of hydrogen-bond acceptors (Lipinski definition) is 4. The molecular weight excluding hydrogens is 498 g/mol. The smallest absolute Gasteiger partial charge is 0.457 e. The van der Waals surface area contributed by atoms with Gasteiger partial charge in [-0.05, 0) is 47.5 Å². The lowest BCUT2D eigenvalue weighted by molar-refractivity contribution is -0.253. The third-order valence-electron chi connectivity index (χ3n) is 5.69. The summed E-state index contributed by atoms with van der Waals surface area (Å²) in [4.78, 5) is 1.87. The van der Waals surface area contributed by atoms with E-state index < -0.39 is 18.6 Å². The van der Waals surface area contributed by atoms with E-state index in [-0.39, 0.29) is 18.8 Å². The van der Waals surface area contributed by atoms with Gasteiger partial charge in [0.25, 0.3) is 0 Å². The van der Waals surface area contributed by atoms with Crippen LogP contribution in [0, 0.1) is 0 Å². The zero-order valence-corrected chi connectivity index (χ0v) is 20.4. The Kier molecular flexibility index (Phi) is 8.86. The predicted molar refractivity (Wildman–Crippen MR) is 138 cm³/mol. The normalized spacial score (nSPS) is 12.3. The molecule has 0 spiro atoms. The van der Waals surface area contributed by atoms with Crippen LogP contribution >= 0.6 is 0 Å². The Balaban J connectivity index is 1.57. The number of alkyl halides is 4. The second kappa shape index (κ2) is 12.5. The molecule has 38 heavy (non-hydrogen) atoms. The Morgan fingerprint density at radius 2 is 1.32 bits per heavy atom. The van der Waals surface area contributed by atoms with Gasteiger partial charge in [0.2, 0.25) is 0 Å². The van der Waals surface area contributed by atoms with Crippen LogP contribution < -0.4 is 14.4 Å². The molecule has 0 aliphatic heterocycles. The molecular formula is C30H27F4NO3. The highest BCUT2D eigenvalue weighted by molar-refractivity contribution is 5.52. The van der Waals surface area contributed by atoms with Gasteiger partial charge in [-0.25, -0.2) is 0 Å². The van der Waals surface area contributed by atoms with Gasteiger partial charge < -0.3 is 19.5 Å². The van der Waals surface area contributed by atoms with Crippen molar-refractivity contribution >= 4 is 5.69 Å². The van der Waals surface area contributed by atoms with E-state index in [1.165, 1.54) is 18.2 Å². The Morgan fingerprint density at radius 3 is 2.03 bits per heavy atom. The molecule has 8 heteroatoms. The minimum atomic E-state index is -4.60. The van der Waals surface area contributed by atoms with Crippen molar-refractivity contribution in [1.82, 2.24) is 0 Å². The maximum Gasteiger partial charge on any atom is 0.461 e. The van der Waals surface area contributed by atoms with Crippen LogP contribution in [0.4, 0.5) is 23.2 Å². The Morgan fingerprint density at radius 1 is 0.711 bits per heavy atom. The van der Waals surface area contributed by atoms with Gasteiger partial charge in [0.15, 0.2) is 0 Å². The molecule has 4 nitrogen and oxygen atoms in total. The molecule has 1 unspecified atom stereocenters. The third kappa shape index (κ3) is 7.73. The molecule has 198 valence electrons. The van der Waals surface area contributed by atoms with Crippen molar-refractivity contribution in [3.8, 4) is 17.2 Å². The molecule has 0 aliphatic carbocycles. The number of aliphatic hydroxyl groups excluding tert-OH is 1. The van der Waals surface area contributed by atoms with E-state index in [9.17, 15) is 22.7 Å². The van der Waals surface area contributed by atoms with Crippen LogP contribution in [0.1, 0.15) is 11.1 Å². The molecule has 4 aromatic rings. The molecule has 0 saturated heterocycles. The summed E-state index contributed by atoms with van der Waals surface area (Å²) >= 11 is 0. The van der Waals surface area contributed by atoms with Crippen LogP contribution in [-0.4, -0.2) is 30.3 Å². The summed E-state index contributed by atoms with van der Waals surface area (Å²) in [6, 6.07) is 31.7. The summed E-state index contributed by atoms with van der Waals surface area (Å²) in [5.41, 5.74) is 2.22. The van der Waals surface area contributed by atoms with E-state index >= 15 is 0 Å². The van der Waals surface area contributed by atoms with Crippen molar-refractivity contribution in [3.05, 3.63) is 120 Å². The zero-order valence-electron chi connectivity index (χ0n) is 20.4. The molecule has 0 saturated carbocycles. The maximum absolute atomic E-state index is 13.5. The molecule has 4 rings (SSSR count). The van der Waals surface area contributed by atoms with E-state index in [1.807, 2.05) is 83.8 Å². The molecule has 0 fully saturated rings. The Hall–Kier alpha value is -4.04. The predicted octanol–water partition coefficient (Wildman–Crippen LogP) is 7.33. The van der Waals surface area contributed by atoms with E-state index in [4.69, 9.17) is 4.74 Å². The number of hydrogen-bond donors (Lipinski definition) is 1. The summed E-state index contributed by atoms with van der Waals surface area (Å²) in [6.07, 6.45) is -8.91. The van der Waals surface area contributed by atoms with Gasteiger partial charge in [-0.3, -0.25) is 0 Å². The maximum atomic E-state index is 13.5. The fraction of sp³-hybridized carbons (Fsp3) is 0.200. The highest BCUT2D eigenvalue weighted by Crippen LogP contribution is 2.30. The van der Waals surface area contributed by atoms with Gasteiger partial charge in [0, 0.05) is 31.3 Å². The summed E-state index contributed by atoms with van der Waals surface area (Å²) in [7, 11) is 0.